The van der Waals surface area contributed by atoms with E-state index in [2.05, 4.69) is 15.8 Å². The molecule has 0 bridgehead atoms. The number of hydrogen-bond acceptors (Lipinski definition) is 6. The first kappa shape index (κ1) is 19.3. The highest BCUT2D eigenvalue weighted by Crippen LogP contribution is 2.26. The number of nitrogens with zero attached hydrogens (tertiary/aromatic N) is 2. The van der Waals surface area contributed by atoms with Crippen LogP contribution in [0.4, 0.5) is 11.5 Å². The average molecular weight is 360 g/mol. The van der Waals surface area contributed by atoms with Crippen LogP contribution in [0.1, 0.15) is 18.2 Å². The van der Waals surface area contributed by atoms with E-state index in [1.807, 2.05) is 25.1 Å². The molecule has 2 amide bonds. The smallest absolute Gasteiger partial charge is 0.259 e. The number of amides is 2. The molecule has 2 N–H and O–H groups in total. The first-order chi connectivity index (χ1) is 12.3. The Hall–Kier alpha value is -3.03. The van der Waals surface area contributed by atoms with E-state index in [9.17, 15) is 9.59 Å². The number of benzene rings is 1. The fraction of sp³-hybridized carbons (Fsp3) is 0.389. The Morgan fingerprint density at radius 3 is 2.62 bits per heavy atom. The summed E-state index contributed by atoms with van der Waals surface area (Å²) >= 11 is 0. The van der Waals surface area contributed by atoms with Crippen LogP contribution in [0.15, 0.2) is 28.8 Å². The molecular weight excluding hydrogens is 336 g/mol. The van der Waals surface area contributed by atoms with Crippen molar-refractivity contribution in [3.05, 3.63) is 35.6 Å². The number of ether oxygens (including phenoxy) is 1. The molecule has 0 spiro atoms. The summed E-state index contributed by atoms with van der Waals surface area (Å²) in [7, 11) is 3.33. The van der Waals surface area contributed by atoms with Gasteiger partial charge < -0.3 is 24.8 Å². The molecule has 0 aliphatic heterocycles. The Morgan fingerprint density at radius 1 is 1.27 bits per heavy atom. The van der Waals surface area contributed by atoms with Gasteiger partial charge in [-0.15, -0.1) is 0 Å². The monoisotopic (exact) mass is 360 g/mol. The Morgan fingerprint density at radius 2 is 2.00 bits per heavy atom. The fourth-order valence-corrected chi connectivity index (χ4v) is 2.10. The normalized spacial score (nSPS) is 11.6. The quantitative estimate of drug-likeness (QED) is 0.786. The molecule has 26 heavy (non-hydrogen) atoms. The summed E-state index contributed by atoms with van der Waals surface area (Å²) < 4.78 is 10.6. The van der Waals surface area contributed by atoms with E-state index < -0.39 is 6.04 Å². The van der Waals surface area contributed by atoms with E-state index in [0.717, 1.165) is 5.56 Å². The maximum atomic E-state index is 12.3. The lowest BCUT2D eigenvalue weighted by Gasteiger charge is -2.18. The van der Waals surface area contributed by atoms with Crippen LogP contribution in [0.3, 0.4) is 0 Å². The van der Waals surface area contributed by atoms with E-state index in [0.29, 0.717) is 23.0 Å². The van der Waals surface area contributed by atoms with Gasteiger partial charge in [0.05, 0.1) is 5.69 Å². The maximum Gasteiger partial charge on any atom is 0.259 e. The van der Waals surface area contributed by atoms with Crippen molar-refractivity contribution < 1.29 is 18.8 Å². The summed E-state index contributed by atoms with van der Waals surface area (Å²) in [4.78, 5) is 25.5. The maximum absolute atomic E-state index is 12.3. The highest BCUT2D eigenvalue weighted by atomic mass is 16.5. The van der Waals surface area contributed by atoms with E-state index in [1.165, 1.54) is 4.90 Å². The lowest BCUT2D eigenvalue weighted by atomic mass is 10.2. The van der Waals surface area contributed by atoms with Crippen molar-refractivity contribution in [2.45, 2.75) is 26.8 Å². The molecule has 2 aromatic rings. The van der Waals surface area contributed by atoms with Crippen molar-refractivity contribution in [3.8, 4) is 5.75 Å². The molecule has 1 unspecified atom stereocenters. The Bertz CT molecular complexity index is 785. The van der Waals surface area contributed by atoms with Gasteiger partial charge in [0.1, 0.15) is 17.6 Å². The van der Waals surface area contributed by atoms with Crippen LogP contribution >= 0.6 is 0 Å². The van der Waals surface area contributed by atoms with E-state index in [1.54, 1.807) is 34.0 Å². The van der Waals surface area contributed by atoms with Gasteiger partial charge in [0.2, 0.25) is 5.91 Å². The Labute approximate surface area is 152 Å². The summed E-state index contributed by atoms with van der Waals surface area (Å²) in [5.41, 5.74) is 1.61. The van der Waals surface area contributed by atoms with Gasteiger partial charge in [0.25, 0.3) is 5.91 Å². The number of anilines is 2. The van der Waals surface area contributed by atoms with Gasteiger partial charge in [0.15, 0.2) is 12.4 Å². The fourth-order valence-electron chi connectivity index (χ4n) is 2.10. The van der Waals surface area contributed by atoms with Crippen LogP contribution < -0.4 is 15.4 Å². The number of rotatable bonds is 7. The van der Waals surface area contributed by atoms with E-state index >= 15 is 0 Å². The van der Waals surface area contributed by atoms with Crippen molar-refractivity contribution >= 4 is 23.3 Å². The molecule has 0 aliphatic carbocycles. The summed E-state index contributed by atoms with van der Waals surface area (Å²) in [6, 6.07) is 6.61. The molecule has 0 radical (unpaired) electrons. The lowest BCUT2D eigenvalue weighted by molar-refractivity contribution is -0.130. The van der Waals surface area contributed by atoms with Gasteiger partial charge in [0, 0.05) is 20.2 Å². The van der Waals surface area contributed by atoms with Crippen LogP contribution in [0.5, 0.6) is 5.75 Å². The van der Waals surface area contributed by atoms with Gasteiger partial charge in [-0.05, 0) is 38.5 Å². The first-order valence-electron chi connectivity index (χ1n) is 8.20. The van der Waals surface area contributed by atoms with Gasteiger partial charge in [-0.1, -0.05) is 11.2 Å². The minimum atomic E-state index is -0.554. The number of hydrogen-bond donors (Lipinski definition) is 2. The minimum Gasteiger partial charge on any atom is -0.482 e. The zero-order valence-electron chi connectivity index (χ0n) is 15.6. The third kappa shape index (κ3) is 5.23. The molecule has 1 aromatic heterocycles. The number of carbonyl (C=O) groups excluding carboxylic acids is 2. The number of carbonyl (C=O) groups is 2. The van der Waals surface area contributed by atoms with Gasteiger partial charge in [-0.25, -0.2) is 0 Å². The second-order valence-corrected chi connectivity index (χ2v) is 6.25. The van der Waals surface area contributed by atoms with Gasteiger partial charge in [-0.3, -0.25) is 9.59 Å². The lowest BCUT2D eigenvalue weighted by Crippen LogP contribution is -2.32. The van der Waals surface area contributed by atoms with Gasteiger partial charge >= 0.3 is 0 Å². The highest BCUT2D eigenvalue weighted by molar-refractivity contribution is 5.95. The number of aryl methyl sites for hydroxylation is 2. The summed E-state index contributed by atoms with van der Waals surface area (Å²) in [6.07, 6.45) is 0. The zero-order valence-corrected chi connectivity index (χ0v) is 15.6. The number of nitrogens with one attached hydrogen (secondary N) is 2. The van der Waals surface area contributed by atoms with Crippen LogP contribution in [0.2, 0.25) is 0 Å². The molecule has 0 fully saturated rings. The first-order valence-corrected chi connectivity index (χ1v) is 8.20. The molecule has 1 aromatic carbocycles. The van der Waals surface area contributed by atoms with E-state index in [-0.39, 0.29) is 18.4 Å². The van der Waals surface area contributed by atoms with Crippen LogP contribution in [0.25, 0.3) is 0 Å². The zero-order chi connectivity index (χ0) is 19.3. The highest BCUT2D eigenvalue weighted by Gasteiger charge is 2.17. The molecule has 0 saturated carbocycles. The van der Waals surface area contributed by atoms with Crippen molar-refractivity contribution in [3.63, 3.8) is 0 Å². The summed E-state index contributed by atoms with van der Waals surface area (Å²) in [5, 5.41) is 9.51. The van der Waals surface area contributed by atoms with Crippen LogP contribution in [-0.2, 0) is 9.59 Å². The third-order valence-electron chi connectivity index (χ3n) is 3.63. The molecule has 8 nitrogen and oxygen atoms in total. The molecule has 0 aliphatic rings. The van der Waals surface area contributed by atoms with Crippen molar-refractivity contribution in [2.24, 2.45) is 0 Å². The minimum absolute atomic E-state index is 0.0794. The van der Waals surface area contributed by atoms with Crippen molar-refractivity contribution in [1.29, 1.82) is 0 Å². The molecule has 0 saturated heterocycles. The average Bonchev–Trinajstić information content (AvgIpc) is 2.99. The second kappa shape index (κ2) is 8.37. The predicted octanol–water partition coefficient (Wildman–Crippen LogP) is 2.20. The van der Waals surface area contributed by atoms with Crippen LogP contribution in [0, 0.1) is 13.8 Å². The predicted molar refractivity (Wildman–Crippen MR) is 98.3 cm³/mol. The Balaban J connectivity index is 2.05. The number of aromatic nitrogens is 1. The molecule has 1 atom stereocenters. The van der Waals surface area contributed by atoms with Gasteiger partial charge in [-0.2, -0.15) is 0 Å². The number of likely N-dealkylation sites (N-methyl/N-ethyl adjacent to an activating group) is 1. The van der Waals surface area contributed by atoms with Crippen LogP contribution in [-0.4, -0.2) is 48.6 Å². The largest absolute Gasteiger partial charge is 0.482 e. The summed E-state index contributed by atoms with van der Waals surface area (Å²) in [6.45, 7) is 5.31. The standard InChI is InChI=1S/C18H24N4O4/c1-11-6-7-14(15(8-11)25-10-17(23)22(4)5)19-13(3)18(24)20-16-9-12(2)26-21-16/h6-9,13,19H,10H2,1-5H3,(H,20,21,24). The van der Waals surface area contributed by atoms with E-state index in [4.69, 9.17) is 9.26 Å². The van der Waals surface area contributed by atoms with Crippen molar-refractivity contribution in [1.82, 2.24) is 10.1 Å². The molecule has 2 rings (SSSR count). The molecule has 140 valence electrons. The molecule has 1 heterocycles. The topological polar surface area (TPSA) is 96.7 Å². The Kier molecular flexibility index (Phi) is 6.21. The SMILES string of the molecule is Cc1ccc(NC(C)C(=O)Nc2cc(C)on2)c(OCC(=O)N(C)C)c1. The second-order valence-electron chi connectivity index (χ2n) is 6.25. The molecular formula is C18H24N4O4. The summed E-state index contributed by atoms with van der Waals surface area (Å²) in [5.74, 6) is 1.06. The molecule has 8 heteroatoms. The van der Waals surface area contributed by atoms with Crippen molar-refractivity contribution in [2.75, 3.05) is 31.3 Å². The third-order valence-corrected chi connectivity index (χ3v) is 3.63.